The van der Waals surface area contributed by atoms with E-state index in [9.17, 15) is 0 Å². The van der Waals surface area contributed by atoms with Crippen LogP contribution in [0.3, 0.4) is 0 Å². The molecular weight excluding hydrogens is 1160 g/mol. The highest BCUT2D eigenvalue weighted by Crippen LogP contribution is 2.36. The molecule has 16 rings (SSSR count). The maximum absolute atomic E-state index is 2.45. The second-order valence-electron chi connectivity index (χ2n) is 29.3. The first-order chi connectivity index (χ1) is 46.9. The zero-order valence-electron chi connectivity index (χ0n) is 59.0. The molecule has 0 atom stereocenters. The topological polar surface area (TPSA) is 15.5 Å². The highest BCUT2D eigenvalue weighted by Gasteiger charge is 2.26. The van der Waals surface area contributed by atoms with Gasteiger partial charge >= 0.3 is 0 Å². The monoisotopic (exact) mass is 1260 g/mol. The maximum atomic E-state index is 2.45. The molecule has 488 valence electrons. The first kappa shape index (κ1) is 66.0. The minimum Gasteiger partial charge on any atom is -0.194 e. The SMILES string of the molecule is Cc1ccccc1-c1cc(CC2CCCC2)c2ccccc2[n+]1C.Cc1ccccc1-c1ccc2c(CC3CCCC3)cccc2[n+]1C.Cc1ccccc1-c1ccc2cc(CC3CCCC3)ccc2[n+]1C.Cc1ccccc1-c1ccc2ccc(CC3CCCC3)cc2[n+]1C. The molecule has 0 aliphatic heterocycles. The molecule has 4 aliphatic rings. The van der Waals surface area contributed by atoms with Crippen molar-refractivity contribution >= 4 is 43.6 Å². The fraction of sp³-hybridized carbons (Fsp3) is 0.348. The molecule has 4 heterocycles. The van der Waals surface area contributed by atoms with Gasteiger partial charge in [-0.25, -0.2) is 0 Å². The second-order valence-corrected chi connectivity index (χ2v) is 29.3. The fourth-order valence-corrected chi connectivity index (χ4v) is 17.1. The van der Waals surface area contributed by atoms with Gasteiger partial charge in [0.2, 0.25) is 44.8 Å². The Bertz CT molecular complexity index is 4600. The minimum atomic E-state index is 0.867. The number of nitrogens with zero attached hydrogens (tertiary/aromatic N) is 4. The molecule has 96 heavy (non-hydrogen) atoms. The van der Waals surface area contributed by atoms with Gasteiger partial charge in [-0.3, -0.25) is 0 Å². The van der Waals surface area contributed by atoms with Gasteiger partial charge < -0.3 is 0 Å². The molecule has 8 aromatic carbocycles. The maximum Gasteiger partial charge on any atom is 0.213 e. The summed E-state index contributed by atoms with van der Waals surface area (Å²) in [5, 5.41) is 5.52. The number of pyridine rings is 4. The molecule has 4 aliphatic carbocycles. The molecule has 0 radical (unpaired) electrons. The number of hydrogen-bond acceptors (Lipinski definition) is 0. The van der Waals surface area contributed by atoms with Gasteiger partial charge in [0.25, 0.3) is 0 Å². The van der Waals surface area contributed by atoms with Crippen LogP contribution in [0.2, 0.25) is 0 Å². The van der Waals surface area contributed by atoms with E-state index in [1.54, 1.807) is 0 Å². The van der Waals surface area contributed by atoms with Crippen LogP contribution in [0.15, 0.2) is 218 Å². The highest BCUT2D eigenvalue weighted by molar-refractivity contribution is 5.84. The third-order valence-electron chi connectivity index (χ3n) is 22.7. The van der Waals surface area contributed by atoms with Gasteiger partial charge in [0, 0.05) is 92.3 Å². The summed E-state index contributed by atoms with van der Waals surface area (Å²) >= 11 is 0. The first-order valence-corrected chi connectivity index (χ1v) is 36.8. The lowest BCUT2D eigenvalue weighted by Gasteiger charge is -2.14. The van der Waals surface area contributed by atoms with Gasteiger partial charge in [-0.15, -0.1) is 0 Å². The molecule has 0 spiro atoms. The Balaban J connectivity index is 0.000000116. The van der Waals surface area contributed by atoms with E-state index in [0.717, 1.165) is 23.7 Å². The van der Waals surface area contributed by atoms with Crippen molar-refractivity contribution in [2.24, 2.45) is 51.9 Å². The predicted octanol–water partition coefficient (Wildman–Crippen LogP) is 21.5. The largest absolute Gasteiger partial charge is 0.213 e. The van der Waals surface area contributed by atoms with Crippen LogP contribution in [0.4, 0.5) is 0 Å². The van der Waals surface area contributed by atoms with Crippen molar-refractivity contribution in [2.45, 2.75) is 156 Å². The van der Waals surface area contributed by atoms with Crippen LogP contribution in [0.1, 0.15) is 147 Å². The Kier molecular flexibility index (Phi) is 21.1. The van der Waals surface area contributed by atoms with Crippen molar-refractivity contribution in [1.82, 2.24) is 0 Å². The normalized spacial score (nSPS) is 15.2. The predicted molar refractivity (Wildman–Crippen MR) is 404 cm³/mol. The van der Waals surface area contributed by atoms with Gasteiger partial charge in [-0.2, -0.15) is 18.3 Å². The fourth-order valence-electron chi connectivity index (χ4n) is 17.1. The number of rotatable bonds is 12. The lowest BCUT2D eigenvalue weighted by Crippen LogP contribution is -2.33. The number of benzene rings is 8. The number of fused-ring (bicyclic) bond motifs is 4. The van der Waals surface area contributed by atoms with Gasteiger partial charge in [0.15, 0.2) is 0 Å². The molecule has 4 nitrogen and oxygen atoms in total. The summed E-state index contributed by atoms with van der Waals surface area (Å²) < 4.78 is 9.40. The quantitative estimate of drug-likeness (QED) is 0.108. The van der Waals surface area contributed by atoms with E-state index in [-0.39, 0.29) is 0 Å². The van der Waals surface area contributed by atoms with Gasteiger partial charge in [0.1, 0.15) is 28.2 Å². The van der Waals surface area contributed by atoms with Crippen LogP contribution < -0.4 is 18.3 Å². The summed E-state index contributed by atoms with van der Waals surface area (Å²) in [6.07, 6.45) is 27.6. The van der Waals surface area contributed by atoms with Crippen LogP contribution in [-0.4, -0.2) is 0 Å². The number of para-hydroxylation sites is 1. The molecule has 12 aromatic rings. The molecule has 4 saturated carbocycles. The van der Waals surface area contributed by atoms with Crippen molar-refractivity contribution < 1.29 is 18.3 Å². The van der Waals surface area contributed by atoms with Gasteiger partial charge in [0.05, 0.1) is 0 Å². The van der Waals surface area contributed by atoms with E-state index in [0.29, 0.717) is 0 Å². The summed E-state index contributed by atoms with van der Waals surface area (Å²) in [5.74, 6) is 3.55. The van der Waals surface area contributed by atoms with Crippen LogP contribution in [0.5, 0.6) is 0 Å². The summed E-state index contributed by atoms with van der Waals surface area (Å²) in [5.41, 5.74) is 27.2. The molecule has 0 bridgehead atoms. The van der Waals surface area contributed by atoms with Crippen LogP contribution >= 0.6 is 0 Å². The summed E-state index contributed by atoms with van der Waals surface area (Å²) in [4.78, 5) is 0. The highest BCUT2D eigenvalue weighted by atomic mass is 15.0. The third kappa shape index (κ3) is 15.0. The third-order valence-corrected chi connectivity index (χ3v) is 22.7. The van der Waals surface area contributed by atoms with Crippen molar-refractivity contribution in [3.05, 3.63) is 263 Å². The van der Waals surface area contributed by atoms with Gasteiger partial charge in [-0.05, 0) is 182 Å². The van der Waals surface area contributed by atoms with Crippen LogP contribution in [-0.2, 0) is 53.9 Å². The van der Waals surface area contributed by atoms with Crippen molar-refractivity contribution in [1.29, 1.82) is 0 Å². The Morgan fingerprint density at radius 1 is 0.260 bits per heavy atom. The molecule has 4 aromatic heterocycles. The molecule has 4 heteroatoms. The number of hydrogen-bond donors (Lipinski definition) is 0. The van der Waals surface area contributed by atoms with Gasteiger partial charge in [-0.1, -0.05) is 212 Å². The summed E-state index contributed by atoms with van der Waals surface area (Å²) in [6, 6.07) is 80.6. The van der Waals surface area contributed by atoms with Crippen molar-refractivity contribution in [3.63, 3.8) is 0 Å². The lowest BCUT2D eigenvalue weighted by atomic mass is 9.93. The van der Waals surface area contributed by atoms with Crippen molar-refractivity contribution in [3.8, 4) is 45.0 Å². The smallest absolute Gasteiger partial charge is 0.194 e. The lowest BCUT2D eigenvalue weighted by molar-refractivity contribution is -0.633. The first-order valence-electron chi connectivity index (χ1n) is 36.8. The van der Waals surface area contributed by atoms with E-state index in [1.807, 2.05) is 0 Å². The number of aromatic nitrogens is 4. The molecule has 4 fully saturated rings. The number of aryl methyl sites for hydroxylation is 8. The summed E-state index contributed by atoms with van der Waals surface area (Å²) in [7, 11) is 8.77. The van der Waals surface area contributed by atoms with E-state index >= 15 is 0 Å². The standard InChI is InChI=1S/4C23H26N/c1-17-9-3-6-12-20(17)23-16-19(15-18-10-4-5-11-18)21-13-7-8-14-22(21)24(23)2;1-17-8-3-6-12-20(17)23-15-14-21-19(16-18-9-4-5-10-18)11-7-13-22(21)24(23)2;1-17-7-3-6-10-21(17)23-14-12-20-16-19(11-13-22(20)24(23)2)15-18-8-4-5-9-18;1-17-7-3-6-10-21(17)22-14-13-20-12-11-19(16-23(20)24(22)2)15-18-8-4-5-9-18/h3,6-9,12-14,16,18H,4-5,10-11,15H2,1-2H3;3,6-8,11-15,18H,4-5,9-10,16H2,1-2H3;2*3,6-7,10-14,16,18H,4-5,8-9,15H2,1-2H3/q4*+1. The minimum absolute atomic E-state index is 0.867. The van der Waals surface area contributed by atoms with E-state index in [1.165, 1.54) is 262 Å². The van der Waals surface area contributed by atoms with Crippen LogP contribution in [0.25, 0.3) is 88.6 Å². The molecule has 0 saturated heterocycles. The molecule has 0 amide bonds. The molecular formula is C92H104N4+4. The molecule has 0 unspecified atom stereocenters. The Hall–Kier alpha value is -8.60. The van der Waals surface area contributed by atoms with Crippen molar-refractivity contribution in [2.75, 3.05) is 0 Å². The van der Waals surface area contributed by atoms with E-state index in [4.69, 9.17) is 0 Å². The molecule has 0 N–H and O–H groups in total. The Morgan fingerprint density at radius 2 is 0.615 bits per heavy atom. The van der Waals surface area contributed by atoms with E-state index in [2.05, 4.69) is 293 Å². The average Bonchev–Trinajstić information content (AvgIpc) is 1.01. The Morgan fingerprint density at radius 3 is 1.12 bits per heavy atom. The zero-order chi connectivity index (χ0) is 66.1. The zero-order valence-corrected chi connectivity index (χ0v) is 59.0. The summed E-state index contributed by atoms with van der Waals surface area (Å²) in [6.45, 7) is 8.78. The van der Waals surface area contributed by atoms with E-state index < -0.39 is 0 Å². The second kappa shape index (κ2) is 30.6. The van der Waals surface area contributed by atoms with Crippen LogP contribution in [0, 0.1) is 51.4 Å². The Labute approximate surface area is 574 Å². The average molecular weight is 1270 g/mol.